The zero-order chi connectivity index (χ0) is 51.6. The molecule has 0 bridgehead atoms. The van der Waals surface area contributed by atoms with Crippen LogP contribution in [0.1, 0.15) is 70.8 Å². The van der Waals surface area contributed by atoms with Gasteiger partial charge in [0.2, 0.25) is 0 Å². The predicted octanol–water partition coefficient (Wildman–Crippen LogP) is 15.1. The standard InChI is InChI=1S/C28H27N2O3.C24H20NO.2C7H8.2H3N.2Y/c1-28(2,3)33-27(32)29-24-13-15-25(16-14-24)30(19-20-9-5-4-6-10-20)26(31)23-17-21-11-7-8-12-22(21)18-23;1-18-11-13-23(14-12-18)25(17-19-7-3-2-4-8-19)24(26)22-15-20-9-5-6-10-21(20)16-22;2*1-7-5-3-2-4-6-7;;;;/h4-16H,17,19H2,1-3H3,(H,29,32);2-14H,15,17H2,1H3;2*2-6H,1H3;2*1H3;;/q2*-1;;;;;;. The van der Waals surface area contributed by atoms with Gasteiger partial charge in [0.25, 0.3) is 0 Å². The molecule has 8 aromatic rings. The van der Waals surface area contributed by atoms with Gasteiger partial charge in [-0.05, 0) is 102 Å². The van der Waals surface area contributed by atoms with Gasteiger partial charge in [0.05, 0.1) is 0 Å². The average molecular weight is 1170 g/mol. The van der Waals surface area contributed by atoms with Crippen LogP contribution in [0.4, 0.5) is 21.9 Å². The summed E-state index contributed by atoms with van der Waals surface area (Å²) in [4.78, 5) is 42.6. The summed E-state index contributed by atoms with van der Waals surface area (Å²) in [6.45, 7) is 12.6. The Morgan fingerprint density at radius 1 is 0.455 bits per heavy atom. The molecule has 0 heterocycles. The SMILES string of the molecule is CC(C)(C)OC(=O)Nc1ccc(N(Cc2ccccc2)C(=O)C2=[C-]c3ccccc3C2)cc1.Cc1ccc(N(Cc2ccccc2)C(=O)C2=[C-]c3ccccc3C2)cc1.Cc1ccccc1.Cc1ccccc1.N.N.[Y].[Y]. The van der Waals surface area contributed by atoms with Crippen molar-refractivity contribution in [2.24, 2.45) is 0 Å². The summed E-state index contributed by atoms with van der Waals surface area (Å²) in [5.74, 6) is -0.0585. The first kappa shape index (κ1) is 64.9. The Morgan fingerprint density at radius 2 is 0.779 bits per heavy atom. The van der Waals surface area contributed by atoms with Gasteiger partial charge < -0.3 is 36.4 Å². The summed E-state index contributed by atoms with van der Waals surface area (Å²) in [5, 5.41) is 2.73. The van der Waals surface area contributed by atoms with E-state index in [0.717, 1.165) is 44.8 Å². The van der Waals surface area contributed by atoms with Crippen LogP contribution in [0.2, 0.25) is 0 Å². The third-order valence-corrected chi connectivity index (χ3v) is 11.8. The molecule has 0 aromatic heterocycles. The van der Waals surface area contributed by atoms with Gasteiger partial charge in [0.15, 0.2) is 11.8 Å². The molecule has 0 saturated heterocycles. The number of nitrogens with zero attached hydrogens (tertiary/aromatic N) is 2. The van der Waals surface area contributed by atoms with Crippen molar-refractivity contribution in [3.05, 3.63) is 292 Å². The molecule has 0 fully saturated rings. The van der Waals surface area contributed by atoms with Crippen molar-refractivity contribution in [1.82, 2.24) is 12.3 Å². The maximum atomic E-state index is 13.6. The summed E-state index contributed by atoms with van der Waals surface area (Å²) in [6.07, 6.45) is 7.28. The molecule has 77 heavy (non-hydrogen) atoms. The van der Waals surface area contributed by atoms with Crippen LogP contribution in [0.25, 0.3) is 0 Å². The molecule has 2 radical (unpaired) electrons. The molecular formula is C66H69N5O4Y2-2. The number of aryl methyl sites for hydroxylation is 3. The van der Waals surface area contributed by atoms with Crippen LogP contribution < -0.4 is 27.4 Å². The second-order valence-corrected chi connectivity index (χ2v) is 18.9. The first-order valence-electron chi connectivity index (χ1n) is 24.6. The molecule has 2 aliphatic rings. The molecule has 390 valence electrons. The molecule has 0 atom stereocenters. The minimum atomic E-state index is -0.577. The van der Waals surface area contributed by atoms with E-state index in [2.05, 4.69) is 80.7 Å². The largest absolute Gasteiger partial charge is 0.444 e. The maximum absolute atomic E-state index is 13.6. The number of carbonyl (C=O) groups is 3. The van der Waals surface area contributed by atoms with Crippen molar-refractivity contribution < 1.29 is 84.5 Å². The molecule has 2 aliphatic carbocycles. The van der Waals surface area contributed by atoms with Gasteiger partial charge in [0.1, 0.15) is 5.60 Å². The van der Waals surface area contributed by atoms with E-state index in [9.17, 15) is 14.4 Å². The van der Waals surface area contributed by atoms with E-state index in [0.29, 0.717) is 37.2 Å². The molecule has 8 aromatic carbocycles. The molecular weight excluding hydrogens is 1100 g/mol. The first-order valence-corrected chi connectivity index (χ1v) is 24.6. The van der Waals surface area contributed by atoms with E-state index < -0.39 is 11.7 Å². The Morgan fingerprint density at radius 3 is 1.12 bits per heavy atom. The first-order chi connectivity index (χ1) is 35.3. The molecule has 7 N–H and O–H groups in total. The zero-order valence-corrected chi connectivity index (χ0v) is 50.9. The number of rotatable bonds is 9. The minimum Gasteiger partial charge on any atom is -0.444 e. The van der Waals surface area contributed by atoms with Gasteiger partial charge in [-0.25, -0.2) is 4.79 Å². The number of ether oxygens (including phenoxy) is 1. The number of nitrogens with one attached hydrogen (secondary N) is 1. The Labute approximate surface area is 507 Å². The second-order valence-electron chi connectivity index (χ2n) is 18.9. The quantitative estimate of drug-likeness (QED) is 0.123. The number of benzene rings is 8. The van der Waals surface area contributed by atoms with E-state index >= 15 is 0 Å². The summed E-state index contributed by atoms with van der Waals surface area (Å²) in [7, 11) is 0. The molecule has 9 nitrogen and oxygen atoms in total. The Bertz CT molecular complexity index is 3090. The van der Waals surface area contributed by atoms with Gasteiger partial charge in [-0.15, -0.1) is 70.8 Å². The molecule has 0 aliphatic heterocycles. The Balaban J connectivity index is 0.000000313. The normalized spacial score (nSPS) is 11.1. The van der Waals surface area contributed by atoms with Crippen molar-refractivity contribution in [3.63, 3.8) is 0 Å². The zero-order valence-electron chi connectivity index (χ0n) is 45.2. The number of hydrogen-bond donors (Lipinski definition) is 3. The summed E-state index contributed by atoms with van der Waals surface area (Å²) < 4.78 is 5.31. The molecule has 3 amide bonds. The number of carbonyl (C=O) groups excluding carboxylic acids is 3. The molecule has 11 heteroatoms. The van der Waals surface area contributed by atoms with Crippen molar-refractivity contribution in [1.29, 1.82) is 0 Å². The van der Waals surface area contributed by atoms with Gasteiger partial charge in [0, 0.05) is 95.6 Å². The van der Waals surface area contributed by atoms with Gasteiger partial charge in [-0.1, -0.05) is 173 Å². The summed E-state index contributed by atoms with van der Waals surface area (Å²) in [6, 6.07) is 71.8. The minimum absolute atomic E-state index is 0. The Kier molecular flexibility index (Phi) is 27.2. The van der Waals surface area contributed by atoms with E-state index in [4.69, 9.17) is 4.74 Å². The third-order valence-electron chi connectivity index (χ3n) is 11.8. The topological polar surface area (TPSA) is 149 Å². The Hall–Kier alpha value is -6.42. The van der Waals surface area contributed by atoms with Crippen LogP contribution in [-0.4, -0.2) is 23.5 Å². The fraction of sp³-hybridized carbons (Fsp3) is 0.167. The molecule has 10 rings (SSSR count). The second kappa shape index (κ2) is 32.3. The van der Waals surface area contributed by atoms with Gasteiger partial charge >= 0.3 is 6.09 Å². The van der Waals surface area contributed by atoms with E-state index in [-0.39, 0.29) is 89.5 Å². The van der Waals surface area contributed by atoms with Gasteiger partial charge in [-0.2, -0.15) is 0 Å². The van der Waals surface area contributed by atoms with E-state index in [1.165, 1.54) is 22.3 Å². The van der Waals surface area contributed by atoms with Crippen molar-refractivity contribution >= 4 is 35.0 Å². The monoisotopic (exact) mass is 1170 g/mol. The van der Waals surface area contributed by atoms with Crippen molar-refractivity contribution in [2.45, 2.75) is 73.1 Å². The predicted molar refractivity (Wildman–Crippen MR) is 307 cm³/mol. The van der Waals surface area contributed by atoms with Crippen LogP contribution in [0, 0.1) is 32.9 Å². The van der Waals surface area contributed by atoms with Crippen molar-refractivity contribution in [3.8, 4) is 0 Å². The number of amides is 3. The van der Waals surface area contributed by atoms with Crippen LogP contribution >= 0.6 is 0 Å². The number of hydrogen-bond acceptors (Lipinski definition) is 6. The van der Waals surface area contributed by atoms with E-state index in [1.54, 1.807) is 17.0 Å². The number of fused-ring (bicyclic) bond motifs is 2. The maximum Gasteiger partial charge on any atom is 0.412 e. The van der Waals surface area contributed by atoms with Crippen LogP contribution in [0.15, 0.2) is 230 Å². The smallest absolute Gasteiger partial charge is 0.412 e. The third kappa shape index (κ3) is 20.5. The number of anilines is 3. The van der Waals surface area contributed by atoms with Gasteiger partial charge in [-0.3, -0.25) is 5.32 Å². The van der Waals surface area contributed by atoms with Crippen molar-refractivity contribution in [2.75, 3.05) is 15.1 Å². The summed E-state index contributed by atoms with van der Waals surface area (Å²) >= 11 is 0. The fourth-order valence-corrected chi connectivity index (χ4v) is 8.00. The average Bonchev–Trinajstić information content (AvgIpc) is 4.04. The molecule has 0 unspecified atom stereocenters. The van der Waals surface area contributed by atoms with E-state index in [1.807, 2.05) is 189 Å². The summed E-state index contributed by atoms with van der Waals surface area (Å²) in [5.41, 5.74) is 13.3. The van der Waals surface area contributed by atoms with Crippen LogP contribution in [-0.2, 0) is 106 Å². The van der Waals surface area contributed by atoms with Crippen LogP contribution in [0.3, 0.4) is 0 Å². The van der Waals surface area contributed by atoms with Crippen LogP contribution in [0.5, 0.6) is 0 Å². The fourth-order valence-electron chi connectivity index (χ4n) is 8.00. The molecule has 0 saturated carbocycles. The molecule has 0 spiro atoms.